The van der Waals surface area contributed by atoms with Gasteiger partial charge in [-0.2, -0.15) is 9.78 Å². The van der Waals surface area contributed by atoms with Gasteiger partial charge in [-0.05, 0) is 66.8 Å². The molecule has 0 radical (unpaired) electrons. The van der Waals surface area contributed by atoms with Crippen molar-refractivity contribution < 1.29 is 13.9 Å². The first-order valence-electron chi connectivity index (χ1n) is 13.3. The highest BCUT2D eigenvalue weighted by molar-refractivity contribution is 5.82. The standard InChI is InChI=1S/C32H32FN3O3/c1-3-9-25-18-23(19-29(38-2)30(25)39-21-22-14-16-26(33)17-15-22)20-34-36-31(24-10-5-4-6-11-24)35-28-13-8-7-12-27(28)32(36)37/h3,7-8,12-20,24H,1,4-6,9-11,21H2,2H3. The molecule has 4 aromatic rings. The van der Waals surface area contributed by atoms with Crippen LogP contribution >= 0.6 is 0 Å². The average Bonchev–Trinajstić information content (AvgIpc) is 2.97. The van der Waals surface area contributed by atoms with Gasteiger partial charge in [-0.3, -0.25) is 4.79 Å². The van der Waals surface area contributed by atoms with Crippen molar-refractivity contribution in [2.75, 3.05) is 7.11 Å². The van der Waals surface area contributed by atoms with Crippen molar-refractivity contribution in [3.05, 3.63) is 112 Å². The number of para-hydroxylation sites is 1. The van der Waals surface area contributed by atoms with Gasteiger partial charge in [-0.25, -0.2) is 9.37 Å². The van der Waals surface area contributed by atoms with Gasteiger partial charge in [-0.1, -0.05) is 49.6 Å². The van der Waals surface area contributed by atoms with E-state index in [-0.39, 0.29) is 23.9 Å². The van der Waals surface area contributed by atoms with Crippen LogP contribution in [0.25, 0.3) is 10.9 Å². The van der Waals surface area contributed by atoms with Gasteiger partial charge >= 0.3 is 0 Å². The molecule has 0 bridgehead atoms. The molecular weight excluding hydrogens is 493 g/mol. The summed E-state index contributed by atoms with van der Waals surface area (Å²) in [5.74, 6) is 1.74. The summed E-state index contributed by atoms with van der Waals surface area (Å²) in [5, 5.41) is 5.21. The number of fused-ring (bicyclic) bond motifs is 1. The van der Waals surface area contributed by atoms with Gasteiger partial charge in [0.25, 0.3) is 5.56 Å². The predicted molar refractivity (Wildman–Crippen MR) is 152 cm³/mol. The maximum atomic E-state index is 13.5. The fraction of sp³-hybridized carbons (Fsp3) is 0.281. The monoisotopic (exact) mass is 525 g/mol. The first-order valence-corrected chi connectivity index (χ1v) is 13.3. The quantitative estimate of drug-likeness (QED) is 0.178. The number of allylic oxidation sites excluding steroid dienone is 1. The second-order valence-electron chi connectivity index (χ2n) is 9.80. The fourth-order valence-electron chi connectivity index (χ4n) is 5.12. The second kappa shape index (κ2) is 12.1. The lowest BCUT2D eigenvalue weighted by Gasteiger charge is -2.22. The molecule has 5 rings (SSSR count). The van der Waals surface area contributed by atoms with Crippen LogP contribution in [0.1, 0.15) is 60.5 Å². The maximum absolute atomic E-state index is 13.5. The van der Waals surface area contributed by atoms with E-state index in [1.807, 2.05) is 30.3 Å². The average molecular weight is 526 g/mol. The third-order valence-corrected chi connectivity index (χ3v) is 7.11. The van der Waals surface area contributed by atoms with Crippen LogP contribution < -0.4 is 15.0 Å². The van der Waals surface area contributed by atoms with Gasteiger partial charge in [0.15, 0.2) is 11.5 Å². The molecule has 0 saturated heterocycles. The molecule has 200 valence electrons. The Labute approximate surface area is 227 Å². The van der Waals surface area contributed by atoms with Crippen LogP contribution in [-0.4, -0.2) is 23.0 Å². The zero-order valence-corrected chi connectivity index (χ0v) is 22.1. The normalized spacial score (nSPS) is 14.1. The lowest BCUT2D eigenvalue weighted by molar-refractivity contribution is 0.282. The van der Waals surface area contributed by atoms with Gasteiger partial charge < -0.3 is 9.47 Å². The van der Waals surface area contributed by atoms with E-state index in [2.05, 4.69) is 11.7 Å². The Bertz CT molecular complexity index is 1550. The number of nitrogens with zero attached hydrogens (tertiary/aromatic N) is 3. The predicted octanol–water partition coefficient (Wildman–Crippen LogP) is 6.78. The number of hydrogen-bond acceptors (Lipinski definition) is 5. The van der Waals surface area contributed by atoms with Crippen LogP contribution in [0.15, 0.2) is 83.2 Å². The van der Waals surface area contributed by atoms with E-state index in [4.69, 9.17) is 14.5 Å². The molecule has 7 heteroatoms. The molecule has 1 heterocycles. The number of methoxy groups -OCH3 is 1. The van der Waals surface area contributed by atoms with E-state index in [0.717, 1.165) is 42.4 Å². The summed E-state index contributed by atoms with van der Waals surface area (Å²) >= 11 is 0. The third-order valence-electron chi connectivity index (χ3n) is 7.11. The van der Waals surface area contributed by atoms with Crippen molar-refractivity contribution in [1.29, 1.82) is 0 Å². The highest BCUT2D eigenvalue weighted by atomic mass is 19.1. The summed E-state index contributed by atoms with van der Waals surface area (Å²) in [6.07, 6.45) is 9.45. The molecule has 1 fully saturated rings. The topological polar surface area (TPSA) is 65.7 Å². The van der Waals surface area contributed by atoms with Gasteiger partial charge in [-0.15, -0.1) is 6.58 Å². The molecule has 0 spiro atoms. The number of hydrogen-bond donors (Lipinski definition) is 0. The van der Waals surface area contributed by atoms with Crippen LogP contribution in [-0.2, 0) is 13.0 Å². The molecule has 0 unspecified atom stereocenters. The number of halogens is 1. The number of benzene rings is 3. The molecule has 3 aromatic carbocycles. The maximum Gasteiger partial charge on any atom is 0.282 e. The number of rotatable bonds is 9. The van der Waals surface area contributed by atoms with Crippen molar-refractivity contribution >= 4 is 17.1 Å². The van der Waals surface area contributed by atoms with Crippen LogP contribution in [0.3, 0.4) is 0 Å². The smallest absolute Gasteiger partial charge is 0.282 e. The lowest BCUT2D eigenvalue weighted by Crippen LogP contribution is -2.25. The molecule has 1 aliphatic carbocycles. The molecule has 1 saturated carbocycles. The summed E-state index contributed by atoms with van der Waals surface area (Å²) in [6.45, 7) is 4.14. The number of ether oxygens (including phenoxy) is 2. The first-order chi connectivity index (χ1) is 19.1. The van der Waals surface area contributed by atoms with E-state index in [9.17, 15) is 9.18 Å². The van der Waals surface area contributed by atoms with E-state index < -0.39 is 0 Å². The lowest BCUT2D eigenvalue weighted by atomic mass is 9.88. The largest absolute Gasteiger partial charge is 0.493 e. The van der Waals surface area contributed by atoms with Crippen LogP contribution in [0.5, 0.6) is 11.5 Å². The Morgan fingerprint density at radius 3 is 2.62 bits per heavy atom. The van der Waals surface area contributed by atoms with E-state index in [0.29, 0.717) is 34.6 Å². The van der Waals surface area contributed by atoms with Crippen molar-refractivity contribution in [3.63, 3.8) is 0 Å². The molecule has 39 heavy (non-hydrogen) atoms. The molecule has 0 atom stereocenters. The van der Waals surface area contributed by atoms with Crippen molar-refractivity contribution in [2.24, 2.45) is 5.10 Å². The van der Waals surface area contributed by atoms with Crippen molar-refractivity contribution in [2.45, 2.75) is 51.0 Å². The second-order valence-corrected chi connectivity index (χ2v) is 9.80. The molecule has 0 aliphatic heterocycles. The Hall–Kier alpha value is -4.26. The summed E-state index contributed by atoms with van der Waals surface area (Å²) in [4.78, 5) is 18.4. The minimum Gasteiger partial charge on any atom is -0.493 e. The summed E-state index contributed by atoms with van der Waals surface area (Å²) < 4.78 is 26.6. The zero-order valence-electron chi connectivity index (χ0n) is 22.1. The molecular formula is C32H32FN3O3. The van der Waals surface area contributed by atoms with Gasteiger partial charge in [0.2, 0.25) is 0 Å². The summed E-state index contributed by atoms with van der Waals surface area (Å²) in [7, 11) is 1.58. The highest BCUT2D eigenvalue weighted by Crippen LogP contribution is 2.34. The zero-order chi connectivity index (χ0) is 27.2. The van der Waals surface area contributed by atoms with Gasteiger partial charge in [0, 0.05) is 11.5 Å². The van der Waals surface area contributed by atoms with Crippen molar-refractivity contribution in [3.8, 4) is 11.5 Å². The molecule has 0 N–H and O–H groups in total. The summed E-state index contributed by atoms with van der Waals surface area (Å²) in [6, 6.07) is 17.4. The van der Waals surface area contributed by atoms with E-state index in [1.165, 1.54) is 23.2 Å². The fourth-order valence-corrected chi connectivity index (χ4v) is 5.12. The summed E-state index contributed by atoms with van der Waals surface area (Å²) in [5.41, 5.74) is 2.99. The SMILES string of the molecule is C=CCc1cc(C=Nn2c(C3CCCCC3)nc3ccccc3c2=O)cc(OC)c1OCc1ccc(F)cc1. The Morgan fingerprint density at radius 2 is 1.87 bits per heavy atom. The van der Waals surface area contributed by atoms with Gasteiger partial charge in [0.05, 0.1) is 24.2 Å². The van der Waals surface area contributed by atoms with Crippen LogP contribution in [0, 0.1) is 5.82 Å². The first kappa shape index (κ1) is 26.4. The molecule has 1 aliphatic rings. The Morgan fingerprint density at radius 1 is 1.10 bits per heavy atom. The minimum atomic E-state index is -0.292. The highest BCUT2D eigenvalue weighted by Gasteiger charge is 2.22. The van der Waals surface area contributed by atoms with Crippen molar-refractivity contribution in [1.82, 2.24) is 9.66 Å². The van der Waals surface area contributed by atoms with E-state index >= 15 is 0 Å². The van der Waals surface area contributed by atoms with E-state index in [1.54, 1.807) is 37.6 Å². The molecule has 6 nitrogen and oxygen atoms in total. The minimum absolute atomic E-state index is 0.171. The van der Waals surface area contributed by atoms with Crippen LogP contribution in [0.2, 0.25) is 0 Å². The Kier molecular flexibility index (Phi) is 8.16. The molecule has 0 amide bonds. The Balaban J connectivity index is 1.51. The molecule has 1 aromatic heterocycles. The number of aromatic nitrogens is 2. The third kappa shape index (κ3) is 5.93. The van der Waals surface area contributed by atoms with Gasteiger partial charge in [0.1, 0.15) is 18.2 Å². The van der Waals surface area contributed by atoms with Crippen LogP contribution in [0.4, 0.5) is 4.39 Å².